The van der Waals surface area contributed by atoms with Crippen molar-refractivity contribution in [3.63, 3.8) is 0 Å². The van der Waals surface area contributed by atoms with E-state index in [4.69, 9.17) is 9.47 Å². The number of hydrogen-bond donors (Lipinski definition) is 1. The van der Waals surface area contributed by atoms with Gasteiger partial charge in [-0.25, -0.2) is 0 Å². The van der Waals surface area contributed by atoms with Crippen LogP contribution in [0.15, 0.2) is 48.5 Å². The van der Waals surface area contributed by atoms with Crippen molar-refractivity contribution in [1.82, 2.24) is 10.2 Å². The van der Waals surface area contributed by atoms with Crippen LogP contribution in [-0.2, 0) is 17.8 Å². The summed E-state index contributed by atoms with van der Waals surface area (Å²) in [6.07, 6.45) is 0.670. The van der Waals surface area contributed by atoms with Gasteiger partial charge in [0.05, 0.1) is 18.3 Å². The van der Waals surface area contributed by atoms with Crippen LogP contribution >= 0.6 is 0 Å². The van der Waals surface area contributed by atoms with Crippen LogP contribution in [0, 0.1) is 0 Å². The zero-order valence-electron chi connectivity index (χ0n) is 17.9. The van der Waals surface area contributed by atoms with Gasteiger partial charge in [-0.2, -0.15) is 0 Å². The molecule has 5 heteroatoms. The van der Waals surface area contributed by atoms with Crippen LogP contribution in [0.2, 0.25) is 0 Å². The molecule has 1 aliphatic heterocycles. The number of rotatable bonds is 7. The van der Waals surface area contributed by atoms with E-state index in [1.165, 1.54) is 5.56 Å². The first-order valence-electron chi connectivity index (χ1n) is 10.4. The molecule has 0 spiro atoms. The third kappa shape index (κ3) is 6.58. The third-order valence-electron chi connectivity index (χ3n) is 4.87. The van der Waals surface area contributed by atoms with Crippen LogP contribution in [-0.4, -0.2) is 42.2 Å². The molecule has 1 heterocycles. The van der Waals surface area contributed by atoms with Gasteiger partial charge >= 0.3 is 0 Å². The molecule has 29 heavy (non-hydrogen) atoms. The molecule has 2 aromatic rings. The van der Waals surface area contributed by atoms with Crippen LogP contribution < -0.4 is 10.1 Å². The van der Waals surface area contributed by atoms with Gasteiger partial charge in [-0.1, -0.05) is 24.3 Å². The summed E-state index contributed by atoms with van der Waals surface area (Å²) in [5, 5.41) is 2.98. The maximum absolute atomic E-state index is 12.5. The van der Waals surface area contributed by atoms with Crippen molar-refractivity contribution in [2.24, 2.45) is 0 Å². The summed E-state index contributed by atoms with van der Waals surface area (Å²) in [6, 6.07) is 15.7. The lowest BCUT2D eigenvalue weighted by atomic mass is 10.1. The third-order valence-corrected chi connectivity index (χ3v) is 4.87. The first kappa shape index (κ1) is 21.3. The Labute approximate surface area is 174 Å². The molecule has 2 unspecified atom stereocenters. The fourth-order valence-electron chi connectivity index (χ4n) is 3.68. The standard InChI is InChI=1S/C24H32N2O3/c1-17(2)28-23-11-7-20(8-12-23)13-25-24(27)22-9-5-21(6-10-22)16-26-14-18(3)29-19(4)15-26/h5-12,17-19H,13-16H2,1-4H3,(H,25,27). The van der Waals surface area contributed by atoms with Crippen molar-refractivity contribution in [2.75, 3.05) is 13.1 Å². The van der Waals surface area contributed by atoms with E-state index in [-0.39, 0.29) is 24.2 Å². The fourth-order valence-corrected chi connectivity index (χ4v) is 3.68. The smallest absolute Gasteiger partial charge is 0.251 e. The molecule has 0 radical (unpaired) electrons. The first-order valence-corrected chi connectivity index (χ1v) is 10.4. The number of amides is 1. The van der Waals surface area contributed by atoms with Gasteiger partial charge in [0, 0.05) is 31.7 Å². The molecular formula is C24H32N2O3. The van der Waals surface area contributed by atoms with Crippen LogP contribution in [0.25, 0.3) is 0 Å². The van der Waals surface area contributed by atoms with E-state index in [1.54, 1.807) is 0 Å². The normalized spacial score (nSPS) is 19.9. The lowest BCUT2D eigenvalue weighted by Gasteiger charge is -2.35. The van der Waals surface area contributed by atoms with Gasteiger partial charge in [-0.3, -0.25) is 9.69 Å². The van der Waals surface area contributed by atoms with E-state index in [2.05, 4.69) is 24.1 Å². The van der Waals surface area contributed by atoms with E-state index in [9.17, 15) is 4.79 Å². The second-order valence-corrected chi connectivity index (χ2v) is 8.14. The molecule has 156 valence electrons. The number of morpholine rings is 1. The number of ether oxygens (including phenoxy) is 2. The molecule has 1 saturated heterocycles. The molecule has 5 nitrogen and oxygen atoms in total. The molecule has 1 aliphatic rings. The Kier molecular flexibility index (Phi) is 7.29. The number of carbonyl (C=O) groups excluding carboxylic acids is 1. The second kappa shape index (κ2) is 9.90. The topological polar surface area (TPSA) is 50.8 Å². The Bertz CT molecular complexity index is 777. The molecule has 0 aromatic heterocycles. The van der Waals surface area contributed by atoms with Crippen molar-refractivity contribution >= 4 is 5.91 Å². The van der Waals surface area contributed by atoms with Crippen LogP contribution in [0.3, 0.4) is 0 Å². The van der Waals surface area contributed by atoms with Gasteiger partial charge in [-0.05, 0) is 63.1 Å². The Morgan fingerprint density at radius 3 is 2.21 bits per heavy atom. The minimum Gasteiger partial charge on any atom is -0.491 e. The number of hydrogen-bond acceptors (Lipinski definition) is 4. The highest BCUT2D eigenvalue weighted by molar-refractivity contribution is 5.94. The van der Waals surface area contributed by atoms with E-state index < -0.39 is 0 Å². The monoisotopic (exact) mass is 396 g/mol. The molecule has 1 N–H and O–H groups in total. The Morgan fingerprint density at radius 1 is 1.03 bits per heavy atom. The number of carbonyl (C=O) groups is 1. The summed E-state index contributed by atoms with van der Waals surface area (Å²) in [4.78, 5) is 14.9. The van der Waals surface area contributed by atoms with Gasteiger partial charge in [-0.15, -0.1) is 0 Å². The molecule has 0 aliphatic carbocycles. The Balaban J connectivity index is 1.50. The minimum atomic E-state index is -0.0623. The summed E-state index contributed by atoms with van der Waals surface area (Å²) >= 11 is 0. The van der Waals surface area contributed by atoms with Crippen molar-refractivity contribution in [1.29, 1.82) is 0 Å². The highest BCUT2D eigenvalue weighted by Gasteiger charge is 2.22. The van der Waals surface area contributed by atoms with Crippen molar-refractivity contribution in [2.45, 2.75) is 59.1 Å². The van der Waals surface area contributed by atoms with Gasteiger partial charge in [0.1, 0.15) is 5.75 Å². The maximum Gasteiger partial charge on any atom is 0.251 e. The SMILES string of the molecule is CC(C)Oc1ccc(CNC(=O)c2ccc(CN3CC(C)OC(C)C3)cc2)cc1. The second-order valence-electron chi connectivity index (χ2n) is 8.14. The van der Waals surface area contributed by atoms with E-state index in [0.29, 0.717) is 12.1 Å². The number of nitrogens with zero attached hydrogens (tertiary/aromatic N) is 1. The summed E-state index contributed by atoms with van der Waals surface area (Å²) in [5.74, 6) is 0.780. The summed E-state index contributed by atoms with van der Waals surface area (Å²) < 4.78 is 11.4. The molecule has 2 atom stereocenters. The van der Waals surface area contributed by atoms with Gasteiger partial charge in [0.15, 0.2) is 0 Å². The molecule has 3 rings (SSSR count). The van der Waals surface area contributed by atoms with Crippen molar-refractivity contribution in [3.8, 4) is 5.75 Å². The largest absolute Gasteiger partial charge is 0.491 e. The highest BCUT2D eigenvalue weighted by Crippen LogP contribution is 2.16. The lowest BCUT2D eigenvalue weighted by Crippen LogP contribution is -2.44. The molecule has 2 aromatic carbocycles. The quantitative estimate of drug-likeness (QED) is 0.768. The molecule has 1 fully saturated rings. The lowest BCUT2D eigenvalue weighted by molar-refractivity contribution is -0.0704. The first-order chi connectivity index (χ1) is 13.9. The zero-order chi connectivity index (χ0) is 20.8. The predicted molar refractivity (Wildman–Crippen MR) is 115 cm³/mol. The molecule has 0 bridgehead atoms. The number of nitrogens with one attached hydrogen (secondary N) is 1. The Hall–Kier alpha value is -2.37. The average molecular weight is 397 g/mol. The maximum atomic E-state index is 12.5. The fraction of sp³-hybridized carbons (Fsp3) is 0.458. The van der Waals surface area contributed by atoms with E-state index in [1.807, 2.05) is 62.4 Å². The van der Waals surface area contributed by atoms with Crippen molar-refractivity contribution in [3.05, 3.63) is 65.2 Å². The Morgan fingerprint density at radius 2 is 1.62 bits per heavy atom. The summed E-state index contributed by atoms with van der Waals surface area (Å²) in [6.45, 7) is 11.5. The van der Waals surface area contributed by atoms with Gasteiger partial charge in [0.2, 0.25) is 0 Å². The minimum absolute atomic E-state index is 0.0623. The highest BCUT2D eigenvalue weighted by atomic mass is 16.5. The van der Waals surface area contributed by atoms with Crippen LogP contribution in [0.4, 0.5) is 0 Å². The summed E-state index contributed by atoms with van der Waals surface area (Å²) in [5.41, 5.74) is 2.93. The predicted octanol–water partition coefficient (Wildman–Crippen LogP) is 4.01. The van der Waals surface area contributed by atoms with Gasteiger partial charge in [0.25, 0.3) is 5.91 Å². The average Bonchev–Trinajstić information content (AvgIpc) is 2.66. The van der Waals surface area contributed by atoms with E-state index >= 15 is 0 Å². The van der Waals surface area contributed by atoms with E-state index in [0.717, 1.165) is 30.9 Å². The number of benzene rings is 2. The van der Waals surface area contributed by atoms with Crippen LogP contribution in [0.5, 0.6) is 5.75 Å². The summed E-state index contributed by atoms with van der Waals surface area (Å²) in [7, 11) is 0. The molecular weight excluding hydrogens is 364 g/mol. The molecule has 0 saturated carbocycles. The van der Waals surface area contributed by atoms with Crippen LogP contribution in [0.1, 0.15) is 49.2 Å². The molecule has 1 amide bonds. The van der Waals surface area contributed by atoms with Crippen molar-refractivity contribution < 1.29 is 14.3 Å². The zero-order valence-corrected chi connectivity index (χ0v) is 17.9. The van der Waals surface area contributed by atoms with Gasteiger partial charge < -0.3 is 14.8 Å².